The van der Waals surface area contributed by atoms with Gasteiger partial charge in [0.05, 0.1) is 11.8 Å². The summed E-state index contributed by atoms with van der Waals surface area (Å²) in [5, 5.41) is 13.0. The summed E-state index contributed by atoms with van der Waals surface area (Å²) in [5.74, 6) is -4.26. The van der Waals surface area contributed by atoms with Crippen LogP contribution >= 0.6 is 0 Å². The van der Waals surface area contributed by atoms with Crippen molar-refractivity contribution < 1.29 is 23.1 Å². The molecule has 118 valence electrons. The number of hydrogen-bond donors (Lipinski definition) is 1. The summed E-state index contributed by atoms with van der Waals surface area (Å²) in [6.45, 7) is 1.01. The Kier molecular flexibility index (Phi) is 3.18. The number of aryl methyl sites for hydroxylation is 1. The summed E-state index contributed by atoms with van der Waals surface area (Å²) < 4.78 is 40.5. The molecule has 0 spiro atoms. The van der Waals surface area contributed by atoms with E-state index >= 15 is 0 Å². The average Bonchev–Trinajstić information content (AvgIpc) is 3.02. The predicted octanol–water partition coefficient (Wildman–Crippen LogP) is 1.13. The fourth-order valence-electron chi connectivity index (χ4n) is 2.71. The number of carboxylic acid groups (broad SMARTS) is 1. The van der Waals surface area contributed by atoms with Crippen molar-refractivity contribution in [2.24, 2.45) is 11.8 Å². The first-order valence-electron chi connectivity index (χ1n) is 6.49. The van der Waals surface area contributed by atoms with Crippen molar-refractivity contribution >= 4 is 17.6 Å². The highest BCUT2D eigenvalue weighted by Gasteiger charge is 2.53. The minimum absolute atomic E-state index is 0.238. The molecule has 0 aliphatic carbocycles. The second-order valence-corrected chi connectivity index (χ2v) is 5.23. The highest BCUT2D eigenvalue weighted by Crippen LogP contribution is 2.39. The molecule has 2 atom stereocenters. The molecule has 22 heavy (non-hydrogen) atoms. The molecule has 1 aliphatic rings. The number of rotatable bonds is 2. The Morgan fingerprint density at radius 2 is 2.14 bits per heavy atom. The van der Waals surface area contributed by atoms with E-state index in [1.807, 2.05) is 0 Å². The van der Waals surface area contributed by atoms with Gasteiger partial charge in [0.2, 0.25) is 0 Å². The first-order chi connectivity index (χ1) is 10.3. The highest BCUT2D eigenvalue weighted by molar-refractivity contribution is 5.72. The quantitative estimate of drug-likeness (QED) is 0.894. The zero-order chi connectivity index (χ0) is 16.1. The minimum atomic E-state index is -4.57. The molecule has 1 aliphatic heterocycles. The van der Waals surface area contributed by atoms with Crippen molar-refractivity contribution in [2.45, 2.75) is 13.1 Å². The van der Waals surface area contributed by atoms with E-state index < -0.39 is 30.5 Å². The van der Waals surface area contributed by atoms with Crippen LogP contribution in [0, 0.1) is 18.8 Å². The number of fused-ring (bicyclic) bond motifs is 1. The highest BCUT2D eigenvalue weighted by atomic mass is 19.4. The van der Waals surface area contributed by atoms with Gasteiger partial charge < -0.3 is 10.0 Å². The Morgan fingerprint density at radius 3 is 2.73 bits per heavy atom. The lowest BCUT2D eigenvalue weighted by atomic mass is 9.96. The molecule has 0 aromatic carbocycles. The van der Waals surface area contributed by atoms with Crippen molar-refractivity contribution in [1.82, 2.24) is 19.6 Å². The largest absolute Gasteiger partial charge is 0.481 e. The zero-order valence-electron chi connectivity index (χ0n) is 11.4. The van der Waals surface area contributed by atoms with E-state index in [0.29, 0.717) is 11.5 Å². The van der Waals surface area contributed by atoms with Crippen molar-refractivity contribution in [3.8, 4) is 0 Å². The van der Waals surface area contributed by atoms with E-state index in [0.717, 1.165) is 0 Å². The van der Waals surface area contributed by atoms with Crippen LogP contribution in [0.3, 0.4) is 0 Å². The van der Waals surface area contributed by atoms with Gasteiger partial charge in [-0.05, 0) is 6.92 Å². The third-order valence-corrected chi connectivity index (χ3v) is 3.74. The molecule has 1 saturated heterocycles. The van der Waals surface area contributed by atoms with Crippen LogP contribution in [-0.2, 0) is 4.79 Å². The van der Waals surface area contributed by atoms with Crippen molar-refractivity contribution in [1.29, 1.82) is 0 Å². The smallest absolute Gasteiger partial charge is 0.394 e. The molecular formula is C12H12F3N5O2. The number of anilines is 1. The molecule has 3 heterocycles. The van der Waals surface area contributed by atoms with Crippen molar-refractivity contribution in [2.75, 3.05) is 18.0 Å². The summed E-state index contributed by atoms with van der Waals surface area (Å²) in [6, 6.07) is 1.57. The standard InChI is InChI=1S/C12H12F3N5O2/c1-6-2-9(20-11(18-6)16-5-17-20)19-3-7(10(21)22)8(4-19)12(13,14)15/h2,5,7-8H,3-4H2,1H3,(H,21,22)/t7-,8-/m1/s1. The molecule has 0 radical (unpaired) electrons. The van der Waals surface area contributed by atoms with Crippen LogP contribution in [0.1, 0.15) is 5.69 Å². The maximum Gasteiger partial charge on any atom is 0.394 e. The topological polar surface area (TPSA) is 83.6 Å². The molecule has 0 bridgehead atoms. The molecule has 10 heteroatoms. The Bertz CT molecular complexity index is 729. The van der Waals surface area contributed by atoms with Crippen LogP contribution < -0.4 is 4.90 Å². The fraction of sp³-hybridized carbons (Fsp3) is 0.500. The average molecular weight is 315 g/mol. The van der Waals surface area contributed by atoms with E-state index in [1.54, 1.807) is 13.0 Å². The molecule has 0 amide bonds. The normalized spacial score (nSPS) is 22.5. The lowest BCUT2D eigenvalue weighted by molar-refractivity contribution is -0.187. The van der Waals surface area contributed by atoms with Gasteiger partial charge in [-0.2, -0.15) is 27.8 Å². The Labute approximate surface area is 122 Å². The van der Waals surface area contributed by atoms with E-state index in [1.165, 1.54) is 15.7 Å². The zero-order valence-corrected chi connectivity index (χ0v) is 11.4. The number of nitrogens with zero attached hydrogens (tertiary/aromatic N) is 5. The Hall–Kier alpha value is -2.39. The number of hydrogen-bond acceptors (Lipinski definition) is 5. The van der Waals surface area contributed by atoms with Crippen LogP contribution in [0.5, 0.6) is 0 Å². The van der Waals surface area contributed by atoms with Gasteiger partial charge in [0.1, 0.15) is 12.1 Å². The van der Waals surface area contributed by atoms with Gasteiger partial charge in [0.25, 0.3) is 5.78 Å². The minimum Gasteiger partial charge on any atom is -0.481 e. The van der Waals surface area contributed by atoms with Gasteiger partial charge in [-0.15, -0.1) is 0 Å². The van der Waals surface area contributed by atoms with Gasteiger partial charge in [-0.1, -0.05) is 0 Å². The number of halogens is 3. The second-order valence-electron chi connectivity index (χ2n) is 5.23. The third kappa shape index (κ3) is 2.34. The fourth-order valence-corrected chi connectivity index (χ4v) is 2.71. The number of carboxylic acids is 1. The van der Waals surface area contributed by atoms with Gasteiger partial charge in [0.15, 0.2) is 0 Å². The molecule has 0 unspecified atom stereocenters. The van der Waals surface area contributed by atoms with Crippen LogP contribution in [0.25, 0.3) is 5.78 Å². The molecule has 2 aromatic heterocycles. The van der Waals surface area contributed by atoms with Gasteiger partial charge in [-0.25, -0.2) is 4.98 Å². The van der Waals surface area contributed by atoms with E-state index in [4.69, 9.17) is 5.11 Å². The SMILES string of the molecule is Cc1cc(N2C[C@@H](C(F)(F)F)[C@H](C(=O)O)C2)n2ncnc2n1. The van der Waals surface area contributed by atoms with E-state index in [9.17, 15) is 18.0 Å². The van der Waals surface area contributed by atoms with E-state index in [2.05, 4.69) is 15.1 Å². The number of aromatic nitrogens is 4. The lowest BCUT2D eigenvalue weighted by Crippen LogP contribution is -2.33. The summed E-state index contributed by atoms with van der Waals surface area (Å²) in [6.07, 6.45) is -3.32. The van der Waals surface area contributed by atoms with Gasteiger partial charge in [0, 0.05) is 24.8 Å². The molecule has 3 rings (SSSR count). The molecular weight excluding hydrogens is 303 g/mol. The number of carbonyl (C=O) groups is 1. The summed E-state index contributed by atoms with van der Waals surface area (Å²) in [5.41, 5.74) is 0.567. The molecule has 1 fully saturated rings. The summed E-state index contributed by atoms with van der Waals surface area (Å²) in [4.78, 5) is 20.5. The second kappa shape index (κ2) is 4.82. The maximum absolute atomic E-state index is 13.1. The third-order valence-electron chi connectivity index (χ3n) is 3.74. The van der Waals surface area contributed by atoms with Crippen LogP contribution in [-0.4, -0.2) is 49.9 Å². The van der Waals surface area contributed by atoms with Crippen molar-refractivity contribution in [3.63, 3.8) is 0 Å². The molecule has 0 saturated carbocycles. The van der Waals surface area contributed by atoms with E-state index in [-0.39, 0.29) is 12.3 Å². The first kappa shape index (κ1) is 14.5. The van der Waals surface area contributed by atoms with Gasteiger partial charge in [-0.3, -0.25) is 4.79 Å². The lowest BCUT2D eigenvalue weighted by Gasteiger charge is -2.20. The maximum atomic E-state index is 13.1. The van der Waals surface area contributed by atoms with Crippen LogP contribution in [0.2, 0.25) is 0 Å². The molecule has 2 aromatic rings. The summed E-state index contributed by atoms with van der Waals surface area (Å²) >= 11 is 0. The van der Waals surface area contributed by atoms with Crippen LogP contribution in [0.15, 0.2) is 12.4 Å². The predicted molar refractivity (Wildman–Crippen MR) is 68.4 cm³/mol. The molecule has 1 N–H and O–H groups in total. The number of alkyl halides is 3. The molecule has 7 nitrogen and oxygen atoms in total. The monoisotopic (exact) mass is 315 g/mol. The first-order valence-corrected chi connectivity index (χ1v) is 6.49. The number of aliphatic carboxylic acids is 1. The summed E-state index contributed by atoms with van der Waals surface area (Å²) in [7, 11) is 0. The van der Waals surface area contributed by atoms with Crippen molar-refractivity contribution in [3.05, 3.63) is 18.1 Å². The van der Waals surface area contributed by atoms with Gasteiger partial charge >= 0.3 is 12.1 Å². The Balaban J connectivity index is 2.02. The van der Waals surface area contributed by atoms with Crippen LogP contribution in [0.4, 0.5) is 19.0 Å². The Morgan fingerprint density at radius 1 is 1.41 bits per heavy atom.